The third kappa shape index (κ3) is 5.48. The molecule has 128 valence electrons. The Labute approximate surface area is 153 Å². The Morgan fingerprint density at radius 3 is 2.24 bits per heavy atom. The van der Waals surface area contributed by atoms with Gasteiger partial charge in [0.15, 0.2) is 5.78 Å². The average molecular weight is 354 g/mol. The summed E-state index contributed by atoms with van der Waals surface area (Å²) in [5.41, 5.74) is 1.38. The number of ether oxygens (including phenoxy) is 1. The number of hydrogen-bond acceptors (Lipinski definition) is 3. The highest BCUT2D eigenvalue weighted by Crippen LogP contribution is 2.22. The molecular formula is C21H20ClNO2. The summed E-state index contributed by atoms with van der Waals surface area (Å²) in [4.78, 5) is 12.2. The average Bonchev–Trinajstić information content (AvgIpc) is 2.59. The van der Waals surface area contributed by atoms with Crippen LogP contribution in [0.1, 0.15) is 31.9 Å². The van der Waals surface area contributed by atoms with Crippen molar-refractivity contribution in [2.45, 2.75) is 27.4 Å². The minimum atomic E-state index is -0.580. The molecular weight excluding hydrogens is 334 g/mol. The topological polar surface area (TPSA) is 50.1 Å². The number of Topliss-reactive ketones (excluding diaryl/α,β-unsaturated/α-hetero) is 1. The predicted octanol–water partition coefficient (Wildman–Crippen LogP) is 5.44. The summed E-state index contributed by atoms with van der Waals surface area (Å²) in [6.07, 6.45) is 1.61. The fourth-order valence-corrected chi connectivity index (χ4v) is 2.25. The number of nitriles is 1. The van der Waals surface area contributed by atoms with Crippen molar-refractivity contribution in [1.29, 1.82) is 5.26 Å². The molecule has 0 saturated carbocycles. The lowest BCUT2D eigenvalue weighted by molar-refractivity contribution is -0.121. The molecule has 0 aromatic heterocycles. The van der Waals surface area contributed by atoms with Crippen LogP contribution >= 0.6 is 11.6 Å². The second-order valence-corrected chi connectivity index (χ2v) is 7.17. The summed E-state index contributed by atoms with van der Waals surface area (Å²) in [5, 5.41) is 9.92. The maximum atomic E-state index is 12.2. The summed E-state index contributed by atoms with van der Waals surface area (Å²) in [6.45, 7) is 5.84. The number of benzene rings is 2. The molecule has 4 heteroatoms. The molecule has 0 fully saturated rings. The molecule has 3 nitrogen and oxygen atoms in total. The van der Waals surface area contributed by atoms with Crippen molar-refractivity contribution in [3.8, 4) is 11.8 Å². The summed E-state index contributed by atoms with van der Waals surface area (Å²) in [7, 11) is 0. The zero-order chi connectivity index (χ0) is 18.4. The fraction of sp³-hybridized carbons (Fsp3) is 0.238. The van der Waals surface area contributed by atoms with E-state index in [2.05, 4.69) is 0 Å². The maximum absolute atomic E-state index is 12.2. The monoisotopic (exact) mass is 353 g/mol. The van der Waals surface area contributed by atoms with Crippen LogP contribution in [0, 0.1) is 16.7 Å². The highest BCUT2D eigenvalue weighted by atomic mass is 35.5. The smallest absolute Gasteiger partial charge is 0.178 e. The normalized spacial score (nSPS) is 11.7. The van der Waals surface area contributed by atoms with Gasteiger partial charge in [-0.05, 0) is 41.5 Å². The Morgan fingerprint density at radius 1 is 1.12 bits per heavy atom. The number of carbonyl (C=O) groups excluding carboxylic acids is 1. The lowest BCUT2D eigenvalue weighted by Gasteiger charge is -2.15. The van der Waals surface area contributed by atoms with Gasteiger partial charge in [-0.2, -0.15) is 5.26 Å². The summed E-state index contributed by atoms with van der Waals surface area (Å²) in [5.74, 6) is 0.547. The molecule has 0 bridgehead atoms. The van der Waals surface area contributed by atoms with Gasteiger partial charge in [0, 0.05) is 10.4 Å². The number of nitrogens with zero attached hydrogens (tertiary/aromatic N) is 1. The molecule has 0 aliphatic heterocycles. The van der Waals surface area contributed by atoms with Crippen LogP contribution in [0.3, 0.4) is 0 Å². The molecule has 0 heterocycles. The van der Waals surface area contributed by atoms with E-state index in [0.29, 0.717) is 17.4 Å². The first-order valence-electron chi connectivity index (χ1n) is 7.93. The first kappa shape index (κ1) is 18.8. The van der Waals surface area contributed by atoms with Crippen LogP contribution in [0.25, 0.3) is 6.08 Å². The van der Waals surface area contributed by atoms with Gasteiger partial charge < -0.3 is 4.74 Å². The van der Waals surface area contributed by atoms with Crippen molar-refractivity contribution in [3.05, 3.63) is 70.3 Å². The zero-order valence-corrected chi connectivity index (χ0v) is 15.3. The lowest BCUT2D eigenvalue weighted by Crippen LogP contribution is -2.21. The van der Waals surface area contributed by atoms with E-state index in [1.165, 1.54) is 0 Å². The van der Waals surface area contributed by atoms with Crippen LogP contribution in [0.4, 0.5) is 0 Å². The molecule has 0 atom stereocenters. The van der Waals surface area contributed by atoms with Gasteiger partial charge in [-0.15, -0.1) is 0 Å². The van der Waals surface area contributed by atoms with Gasteiger partial charge in [0.1, 0.15) is 18.4 Å². The van der Waals surface area contributed by atoms with Crippen LogP contribution in [0.15, 0.2) is 54.1 Å². The number of allylic oxidation sites excluding steroid dienone is 1. The largest absolute Gasteiger partial charge is 0.489 e. The summed E-state index contributed by atoms with van der Waals surface area (Å²) >= 11 is 5.86. The number of ketones is 1. The number of halogens is 1. The Bertz CT molecular complexity index is 807. The van der Waals surface area contributed by atoms with Crippen LogP contribution in [0.5, 0.6) is 5.75 Å². The number of rotatable bonds is 5. The molecule has 0 aliphatic carbocycles. The van der Waals surface area contributed by atoms with Crippen molar-refractivity contribution in [2.75, 3.05) is 0 Å². The second kappa shape index (κ2) is 8.00. The van der Waals surface area contributed by atoms with Gasteiger partial charge in [-0.1, -0.05) is 56.6 Å². The van der Waals surface area contributed by atoms with E-state index in [1.54, 1.807) is 26.8 Å². The Kier molecular flexibility index (Phi) is 6.01. The lowest BCUT2D eigenvalue weighted by atomic mass is 9.86. The highest BCUT2D eigenvalue weighted by molar-refractivity contribution is 6.30. The molecule has 0 saturated heterocycles. The highest BCUT2D eigenvalue weighted by Gasteiger charge is 2.24. The number of carbonyl (C=O) groups is 1. The molecule has 0 aliphatic rings. The molecule has 0 unspecified atom stereocenters. The van der Waals surface area contributed by atoms with Crippen LogP contribution < -0.4 is 4.74 Å². The fourth-order valence-electron chi connectivity index (χ4n) is 2.13. The molecule has 0 radical (unpaired) electrons. The Morgan fingerprint density at radius 2 is 1.72 bits per heavy atom. The third-order valence-electron chi connectivity index (χ3n) is 3.56. The first-order valence-corrected chi connectivity index (χ1v) is 8.31. The first-order chi connectivity index (χ1) is 11.8. The maximum Gasteiger partial charge on any atom is 0.178 e. The van der Waals surface area contributed by atoms with Crippen molar-refractivity contribution in [1.82, 2.24) is 0 Å². The van der Waals surface area contributed by atoms with Gasteiger partial charge in [-0.3, -0.25) is 4.79 Å². The zero-order valence-electron chi connectivity index (χ0n) is 14.5. The minimum Gasteiger partial charge on any atom is -0.489 e. The van der Waals surface area contributed by atoms with Gasteiger partial charge in [0.2, 0.25) is 0 Å². The van der Waals surface area contributed by atoms with Gasteiger partial charge in [0.05, 0.1) is 5.57 Å². The van der Waals surface area contributed by atoms with E-state index < -0.39 is 5.41 Å². The van der Waals surface area contributed by atoms with Crippen molar-refractivity contribution in [2.24, 2.45) is 5.41 Å². The Hall–Kier alpha value is -2.57. The van der Waals surface area contributed by atoms with E-state index in [-0.39, 0.29) is 11.4 Å². The van der Waals surface area contributed by atoms with E-state index in [1.807, 2.05) is 54.6 Å². The predicted molar refractivity (Wildman–Crippen MR) is 100 cm³/mol. The minimum absolute atomic E-state index is 0.155. The third-order valence-corrected chi connectivity index (χ3v) is 3.81. The van der Waals surface area contributed by atoms with Crippen molar-refractivity contribution < 1.29 is 9.53 Å². The van der Waals surface area contributed by atoms with Gasteiger partial charge in [0.25, 0.3) is 0 Å². The van der Waals surface area contributed by atoms with E-state index in [4.69, 9.17) is 16.3 Å². The van der Waals surface area contributed by atoms with E-state index >= 15 is 0 Å². The van der Waals surface area contributed by atoms with E-state index in [9.17, 15) is 10.1 Å². The van der Waals surface area contributed by atoms with Crippen LogP contribution in [-0.2, 0) is 11.4 Å². The van der Waals surface area contributed by atoms with Crippen molar-refractivity contribution >= 4 is 23.5 Å². The Balaban J connectivity index is 2.06. The van der Waals surface area contributed by atoms with Gasteiger partial charge in [-0.25, -0.2) is 0 Å². The SMILES string of the molecule is CC(C)(C)C(=O)C(C#N)=Cc1ccc(OCc2ccc(Cl)cc2)cc1. The molecule has 25 heavy (non-hydrogen) atoms. The van der Waals surface area contributed by atoms with Crippen LogP contribution in [-0.4, -0.2) is 5.78 Å². The van der Waals surface area contributed by atoms with Crippen LogP contribution in [0.2, 0.25) is 5.02 Å². The number of hydrogen-bond donors (Lipinski definition) is 0. The molecule has 0 N–H and O–H groups in total. The van der Waals surface area contributed by atoms with Crippen molar-refractivity contribution in [3.63, 3.8) is 0 Å². The summed E-state index contributed by atoms with van der Waals surface area (Å²) < 4.78 is 5.72. The quantitative estimate of drug-likeness (QED) is 0.531. The van der Waals surface area contributed by atoms with Gasteiger partial charge >= 0.3 is 0 Å². The van der Waals surface area contributed by atoms with E-state index in [0.717, 1.165) is 11.1 Å². The molecule has 2 aromatic carbocycles. The molecule has 2 rings (SSSR count). The second-order valence-electron chi connectivity index (χ2n) is 6.73. The molecule has 2 aromatic rings. The molecule has 0 spiro atoms. The summed E-state index contributed by atoms with van der Waals surface area (Å²) in [6, 6.07) is 16.7. The standard InChI is InChI=1S/C21H20ClNO2/c1-21(2,3)20(24)17(13-23)12-15-6-10-19(11-7-15)25-14-16-4-8-18(22)9-5-16/h4-12H,14H2,1-3H3. The molecule has 0 amide bonds.